The molecule has 37 heavy (non-hydrogen) atoms. The number of nitrogen functional groups attached to an aromatic ring is 1. The smallest absolute Gasteiger partial charge is 0.138 e. The minimum Gasteiger partial charge on any atom is -0.507 e. The molecule has 6 nitrogen and oxygen atoms in total. The van der Waals surface area contributed by atoms with Gasteiger partial charge in [0.05, 0.1) is 5.69 Å². The number of hydrogen-bond donors (Lipinski definition) is 3. The average Bonchev–Trinajstić information content (AvgIpc) is 2.93. The molecule has 1 heterocycles. The number of aromatic hydroxyl groups is 2. The molecule has 196 valence electrons. The Labute approximate surface area is 220 Å². The summed E-state index contributed by atoms with van der Waals surface area (Å²) in [4.78, 5) is 4.94. The average molecular weight is 502 g/mol. The Balaban J connectivity index is 1.30. The van der Waals surface area contributed by atoms with Gasteiger partial charge in [-0.2, -0.15) is 0 Å². The molecule has 0 unspecified atom stereocenters. The van der Waals surface area contributed by atoms with Gasteiger partial charge in [0, 0.05) is 44.7 Å². The number of nitrogens with two attached hydrogens (primary N) is 1. The van der Waals surface area contributed by atoms with Gasteiger partial charge in [0.2, 0.25) is 0 Å². The monoisotopic (exact) mass is 501 g/mol. The largest absolute Gasteiger partial charge is 0.507 e. The van der Waals surface area contributed by atoms with Crippen molar-refractivity contribution in [2.75, 3.05) is 51.6 Å². The normalized spacial score (nSPS) is 16.5. The summed E-state index contributed by atoms with van der Waals surface area (Å²) in [6, 6.07) is 15.5. The molecule has 3 aromatic carbocycles. The third-order valence-corrected chi connectivity index (χ3v) is 8.01. The van der Waals surface area contributed by atoms with E-state index in [2.05, 4.69) is 28.9 Å². The SMILES string of the molecule is CCN1CCN(CCOc2ccc(Cc3c(-c4c(O)ccc5c4CCCC5)ccc(O)c3N)cc2)CC1. The van der Waals surface area contributed by atoms with E-state index < -0.39 is 0 Å². The lowest BCUT2D eigenvalue weighted by molar-refractivity contribution is 0.121. The zero-order valence-corrected chi connectivity index (χ0v) is 21.9. The van der Waals surface area contributed by atoms with Crippen LogP contribution < -0.4 is 10.5 Å². The van der Waals surface area contributed by atoms with Gasteiger partial charge in [-0.1, -0.05) is 31.2 Å². The summed E-state index contributed by atoms with van der Waals surface area (Å²) in [6.45, 7) is 9.43. The second-order valence-electron chi connectivity index (χ2n) is 10.3. The molecule has 0 saturated carbocycles. The summed E-state index contributed by atoms with van der Waals surface area (Å²) in [5.41, 5.74) is 13.0. The minimum absolute atomic E-state index is 0.0720. The van der Waals surface area contributed by atoms with Gasteiger partial charge in [-0.05, 0) is 84.3 Å². The van der Waals surface area contributed by atoms with E-state index in [0.29, 0.717) is 18.7 Å². The number of likely N-dealkylation sites (N-methyl/N-ethyl adjacent to an activating group) is 1. The van der Waals surface area contributed by atoms with Crippen LogP contribution in [0, 0.1) is 0 Å². The number of piperazine rings is 1. The number of benzene rings is 3. The van der Waals surface area contributed by atoms with Crippen LogP contribution in [0.15, 0.2) is 48.5 Å². The number of rotatable bonds is 8. The fourth-order valence-corrected chi connectivity index (χ4v) is 5.72. The molecule has 2 aliphatic rings. The Morgan fingerprint density at radius 3 is 2.30 bits per heavy atom. The maximum atomic E-state index is 10.9. The zero-order chi connectivity index (χ0) is 25.8. The van der Waals surface area contributed by atoms with E-state index in [1.165, 1.54) is 17.5 Å². The van der Waals surface area contributed by atoms with Gasteiger partial charge in [-0.3, -0.25) is 4.90 Å². The fraction of sp³-hybridized carbons (Fsp3) is 0.419. The lowest BCUT2D eigenvalue weighted by atomic mass is 9.83. The summed E-state index contributed by atoms with van der Waals surface area (Å²) < 4.78 is 6.03. The third kappa shape index (κ3) is 5.71. The second kappa shape index (κ2) is 11.4. The fourth-order valence-electron chi connectivity index (χ4n) is 5.72. The van der Waals surface area contributed by atoms with Crippen LogP contribution >= 0.6 is 0 Å². The van der Waals surface area contributed by atoms with Crippen molar-refractivity contribution in [1.29, 1.82) is 0 Å². The molecule has 1 fully saturated rings. The van der Waals surface area contributed by atoms with Gasteiger partial charge in [-0.15, -0.1) is 0 Å². The number of anilines is 1. The Morgan fingerprint density at radius 2 is 1.54 bits per heavy atom. The van der Waals surface area contributed by atoms with Crippen molar-refractivity contribution in [3.05, 3.63) is 70.8 Å². The van der Waals surface area contributed by atoms with Crippen LogP contribution in [-0.2, 0) is 19.3 Å². The van der Waals surface area contributed by atoms with E-state index in [0.717, 1.165) is 86.5 Å². The molecular weight excluding hydrogens is 462 g/mol. The van der Waals surface area contributed by atoms with E-state index in [-0.39, 0.29) is 11.5 Å². The lowest BCUT2D eigenvalue weighted by Gasteiger charge is -2.33. The van der Waals surface area contributed by atoms with Crippen molar-refractivity contribution < 1.29 is 14.9 Å². The lowest BCUT2D eigenvalue weighted by Crippen LogP contribution is -2.47. The van der Waals surface area contributed by atoms with E-state index >= 15 is 0 Å². The van der Waals surface area contributed by atoms with Crippen LogP contribution in [0.4, 0.5) is 5.69 Å². The van der Waals surface area contributed by atoms with Crippen molar-refractivity contribution in [1.82, 2.24) is 9.80 Å². The molecule has 6 heteroatoms. The van der Waals surface area contributed by atoms with Gasteiger partial charge in [-0.25, -0.2) is 0 Å². The van der Waals surface area contributed by atoms with Gasteiger partial charge in [0.1, 0.15) is 23.9 Å². The molecule has 0 amide bonds. The van der Waals surface area contributed by atoms with Gasteiger partial charge < -0.3 is 25.6 Å². The number of phenolic OH excluding ortho intramolecular Hbond substituents is 2. The van der Waals surface area contributed by atoms with Gasteiger partial charge in [0.25, 0.3) is 0 Å². The maximum Gasteiger partial charge on any atom is 0.138 e. The van der Waals surface area contributed by atoms with Crippen LogP contribution in [0.5, 0.6) is 17.2 Å². The van der Waals surface area contributed by atoms with Crippen molar-refractivity contribution in [2.45, 2.75) is 39.0 Å². The molecule has 1 aliphatic heterocycles. The number of hydrogen-bond acceptors (Lipinski definition) is 6. The highest BCUT2D eigenvalue weighted by atomic mass is 16.5. The van der Waals surface area contributed by atoms with Crippen LogP contribution in [0.2, 0.25) is 0 Å². The molecule has 0 spiro atoms. The number of nitrogens with zero attached hydrogens (tertiary/aromatic N) is 2. The summed E-state index contributed by atoms with van der Waals surface area (Å²) >= 11 is 0. The molecule has 1 saturated heterocycles. The highest BCUT2D eigenvalue weighted by Gasteiger charge is 2.22. The van der Waals surface area contributed by atoms with Gasteiger partial charge in [0.15, 0.2) is 0 Å². The van der Waals surface area contributed by atoms with Crippen molar-refractivity contribution >= 4 is 5.69 Å². The molecule has 4 N–H and O–H groups in total. The highest BCUT2D eigenvalue weighted by molar-refractivity contribution is 5.83. The highest BCUT2D eigenvalue weighted by Crippen LogP contribution is 2.43. The number of ether oxygens (including phenoxy) is 1. The maximum absolute atomic E-state index is 10.9. The Bertz CT molecular complexity index is 1220. The van der Waals surface area contributed by atoms with Crippen LogP contribution in [0.25, 0.3) is 11.1 Å². The number of aryl methyl sites for hydroxylation is 1. The molecule has 5 rings (SSSR count). The van der Waals surface area contributed by atoms with Crippen molar-refractivity contribution in [3.8, 4) is 28.4 Å². The number of phenols is 2. The first-order chi connectivity index (χ1) is 18.0. The van der Waals surface area contributed by atoms with E-state index in [1.807, 2.05) is 24.3 Å². The predicted molar refractivity (Wildman–Crippen MR) is 150 cm³/mol. The molecule has 3 aromatic rings. The van der Waals surface area contributed by atoms with E-state index in [9.17, 15) is 10.2 Å². The topological polar surface area (TPSA) is 82.2 Å². The minimum atomic E-state index is 0.0720. The second-order valence-corrected chi connectivity index (χ2v) is 10.3. The van der Waals surface area contributed by atoms with Gasteiger partial charge >= 0.3 is 0 Å². The first-order valence-electron chi connectivity index (χ1n) is 13.6. The molecule has 0 aromatic heterocycles. The van der Waals surface area contributed by atoms with E-state index in [1.54, 1.807) is 12.1 Å². The van der Waals surface area contributed by atoms with E-state index in [4.69, 9.17) is 10.5 Å². The molecule has 0 atom stereocenters. The van der Waals surface area contributed by atoms with Crippen LogP contribution in [0.1, 0.15) is 42.0 Å². The Hall–Kier alpha value is -3.22. The standard InChI is InChI=1S/C31H39N3O3/c1-2-33-15-17-34(18-16-33)19-20-37-24-10-7-22(8-11-24)21-27-26(12-14-29(36)31(27)32)30-25-6-4-3-5-23(25)9-13-28(30)35/h7-14,35-36H,2-6,15-21,32H2,1H3. The first-order valence-corrected chi connectivity index (χ1v) is 13.6. The number of fused-ring (bicyclic) bond motifs is 1. The summed E-state index contributed by atoms with van der Waals surface area (Å²) in [7, 11) is 0. The summed E-state index contributed by atoms with van der Waals surface area (Å²) in [5, 5.41) is 21.3. The molecular formula is C31H39N3O3. The van der Waals surface area contributed by atoms with Crippen molar-refractivity contribution in [3.63, 3.8) is 0 Å². The Kier molecular flexibility index (Phi) is 7.87. The molecule has 0 bridgehead atoms. The third-order valence-electron chi connectivity index (χ3n) is 8.01. The Morgan fingerprint density at radius 1 is 0.838 bits per heavy atom. The first kappa shape index (κ1) is 25.4. The van der Waals surface area contributed by atoms with Crippen LogP contribution in [0.3, 0.4) is 0 Å². The summed E-state index contributed by atoms with van der Waals surface area (Å²) in [5.74, 6) is 1.20. The summed E-state index contributed by atoms with van der Waals surface area (Å²) in [6.07, 6.45) is 4.82. The molecule has 1 aliphatic carbocycles. The predicted octanol–water partition coefficient (Wildman–Crippen LogP) is 4.83. The molecule has 0 radical (unpaired) electrons. The quantitative estimate of drug-likeness (QED) is 0.303. The zero-order valence-electron chi connectivity index (χ0n) is 21.9. The van der Waals surface area contributed by atoms with Crippen LogP contribution in [-0.4, -0.2) is 65.9 Å². The van der Waals surface area contributed by atoms with Crippen molar-refractivity contribution in [2.24, 2.45) is 0 Å².